The topological polar surface area (TPSA) is 74.7 Å². The van der Waals surface area contributed by atoms with Crippen LogP contribution in [0.15, 0.2) is 47.5 Å². The normalized spacial score (nSPS) is 18.0. The Bertz CT molecular complexity index is 1090. The highest BCUT2D eigenvalue weighted by Gasteiger charge is 2.37. The quantitative estimate of drug-likeness (QED) is 0.669. The molecular weight excluding hydrogens is 404 g/mol. The number of thioether (sulfide) groups is 1. The lowest BCUT2D eigenvalue weighted by atomic mass is 10.1. The van der Waals surface area contributed by atoms with Crippen LogP contribution in [0.2, 0.25) is 0 Å². The van der Waals surface area contributed by atoms with Crippen LogP contribution in [0.1, 0.15) is 17.5 Å². The number of amides is 2. The number of para-hydroxylation sites is 2. The van der Waals surface area contributed by atoms with E-state index in [1.807, 2.05) is 56.3 Å². The van der Waals surface area contributed by atoms with Crippen molar-refractivity contribution in [3.8, 4) is 0 Å². The van der Waals surface area contributed by atoms with Gasteiger partial charge in [-0.15, -0.1) is 0 Å². The van der Waals surface area contributed by atoms with Crippen LogP contribution >= 0.6 is 23.1 Å². The SMILES string of the molecule is Cc1cccc(C)c1NC(=O)C[C@@H]1SC(=Nc2nc3ccccc3s2)N(C)C1=O. The van der Waals surface area contributed by atoms with Crippen LogP contribution in [-0.4, -0.2) is 39.2 Å². The van der Waals surface area contributed by atoms with Crippen LogP contribution in [0.4, 0.5) is 10.8 Å². The first-order valence-electron chi connectivity index (χ1n) is 9.17. The number of nitrogens with zero attached hydrogens (tertiary/aromatic N) is 3. The van der Waals surface area contributed by atoms with Gasteiger partial charge in [0, 0.05) is 19.2 Å². The van der Waals surface area contributed by atoms with E-state index in [2.05, 4.69) is 15.3 Å². The molecule has 29 heavy (non-hydrogen) atoms. The van der Waals surface area contributed by atoms with Gasteiger partial charge in [0.05, 0.1) is 10.2 Å². The molecule has 1 N–H and O–H groups in total. The van der Waals surface area contributed by atoms with Gasteiger partial charge in [0.1, 0.15) is 5.25 Å². The lowest BCUT2D eigenvalue weighted by Gasteiger charge is -2.12. The highest BCUT2D eigenvalue weighted by Crippen LogP contribution is 2.34. The molecular formula is C21H20N4O2S2. The summed E-state index contributed by atoms with van der Waals surface area (Å²) in [5, 5.41) is 3.64. The summed E-state index contributed by atoms with van der Waals surface area (Å²) in [6.07, 6.45) is 0.0977. The number of nitrogens with one attached hydrogen (secondary N) is 1. The van der Waals surface area contributed by atoms with Crippen molar-refractivity contribution in [1.82, 2.24) is 9.88 Å². The van der Waals surface area contributed by atoms with Crippen molar-refractivity contribution >= 4 is 61.1 Å². The number of benzene rings is 2. The predicted octanol–water partition coefficient (Wildman–Crippen LogP) is 4.50. The molecule has 2 heterocycles. The summed E-state index contributed by atoms with van der Waals surface area (Å²) in [7, 11) is 1.69. The summed E-state index contributed by atoms with van der Waals surface area (Å²) in [4.78, 5) is 35.8. The van der Waals surface area contributed by atoms with Gasteiger partial charge in [0.25, 0.3) is 0 Å². The van der Waals surface area contributed by atoms with Crippen molar-refractivity contribution in [3.63, 3.8) is 0 Å². The maximum absolute atomic E-state index is 12.6. The number of carbonyl (C=O) groups is 2. The molecule has 3 aromatic rings. The highest BCUT2D eigenvalue weighted by atomic mass is 32.2. The molecule has 0 radical (unpaired) electrons. The maximum atomic E-state index is 12.6. The Kier molecular flexibility index (Phi) is 5.38. The summed E-state index contributed by atoms with van der Waals surface area (Å²) >= 11 is 2.79. The molecule has 2 aromatic carbocycles. The molecule has 0 spiro atoms. The first-order valence-corrected chi connectivity index (χ1v) is 10.9. The average molecular weight is 425 g/mol. The Balaban J connectivity index is 1.48. The fourth-order valence-corrected chi connectivity index (χ4v) is 5.19. The number of anilines is 1. The summed E-state index contributed by atoms with van der Waals surface area (Å²) in [5.74, 6) is -0.297. The van der Waals surface area contributed by atoms with E-state index in [1.165, 1.54) is 28.0 Å². The molecule has 1 aromatic heterocycles. The van der Waals surface area contributed by atoms with Gasteiger partial charge in [-0.05, 0) is 37.1 Å². The molecule has 1 saturated heterocycles. The van der Waals surface area contributed by atoms with Crippen molar-refractivity contribution < 1.29 is 9.59 Å². The predicted molar refractivity (Wildman–Crippen MR) is 120 cm³/mol. The van der Waals surface area contributed by atoms with E-state index < -0.39 is 5.25 Å². The fraction of sp³-hybridized carbons (Fsp3) is 0.238. The number of hydrogen-bond donors (Lipinski definition) is 1. The standard InChI is InChI=1S/C21H20N4O2S2/c1-12-7-6-8-13(2)18(12)23-17(26)11-16-19(27)25(3)21(29-16)24-20-22-14-9-4-5-10-15(14)28-20/h4-10,16H,11H2,1-3H3,(H,23,26)/t16-/m0/s1. The summed E-state index contributed by atoms with van der Waals surface area (Å²) < 4.78 is 1.05. The highest BCUT2D eigenvalue weighted by molar-refractivity contribution is 8.15. The number of thiazole rings is 1. The van der Waals surface area contributed by atoms with Crippen LogP contribution in [-0.2, 0) is 9.59 Å². The van der Waals surface area contributed by atoms with Crippen LogP contribution in [0.25, 0.3) is 10.2 Å². The van der Waals surface area contributed by atoms with Crippen molar-refractivity contribution in [2.24, 2.45) is 4.99 Å². The van der Waals surface area contributed by atoms with Gasteiger partial charge in [0.15, 0.2) is 5.17 Å². The third-order valence-corrected chi connectivity index (χ3v) is 6.89. The first kappa shape index (κ1) is 19.6. The van der Waals surface area contributed by atoms with Crippen LogP contribution in [0, 0.1) is 13.8 Å². The number of carbonyl (C=O) groups excluding carboxylic acids is 2. The first-order chi connectivity index (χ1) is 13.9. The number of aryl methyl sites for hydroxylation is 2. The fourth-order valence-electron chi connectivity index (χ4n) is 3.16. The molecule has 4 rings (SSSR count). The maximum Gasteiger partial charge on any atom is 0.242 e. The molecule has 0 saturated carbocycles. The lowest BCUT2D eigenvalue weighted by molar-refractivity contribution is -0.127. The minimum Gasteiger partial charge on any atom is -0.326 e. The second-order valence-corrected chi connectivity index (χ2v) is 9.06. The molecule has 148 valence electrons. The smallest absolute Gasteiger partial charge is 0.242 e. The van der Waals surface area contributed by atoms with E-state index in [1.54, 1.807) is 7.05 Å². The van der Waals surface area contributed by atoms with Gasteiger partial charge in [-0.2, -0.15) is 4.99 Å². The molecule has 0 aliphatic carbocycles. The molecule has 1 aliphatic rings. The lowest BCUT2D eigenvalue weighted by Crippen LogP contribution is -2.30. The molecule has 1 fully saturated rings. The Morgan fingerprint density at radius 3 is 2.62 bits per heavy atom. The van der Waals surface area contributed by atoms with Gasteiger partial charge < -0.3 is 5.32 Å². The second kappa shape index (κ2) is 7.96. The largest absolute Gasteiger partial charge is 0.326 e. The van der Waals surface area contributed by atoms with E-state index >= 15 is 0 Å². The Hall–Kier alpha value is -2.71. The van der Waals surface area contributed by atoms with E-state index in [9.17, 15) is 9.59 Å². The Morgan fingerprint density at radius 1 is 1.17 bits per heavy atom. The van der Waals surface area contributed by atoms with Crippen molar-refractivity contribution in [2.45, 2.75) is 25.5 Å². The number of aliphatic imine (C=N–C) groups is 1. The summed E-state index contributed by atoms with van der Waals surface area (Å²) in [6, 6.07) is 13.7. The third kappa shape index (κ3) is 4.04. The number of hydrogen-bond acceptors (Lipinski definition) is 6. The minimum absolute atomic E-state index is 0.0977. The van der Waals surface area contributed by atoms with E-state index in [4.69, 9.17) is 0 Å². The van der Waals surface area contributed by atoms with Crippen molar-refractivity contribution in [1.29, 1.82) is 0 Å². The van der Waals surface area contributed by atoms with Crippen LogP contribution < -0.4 is 5.32 Å². The van der Waals surface area contributed by atoms with Gasteiger partial charge in [0.2, 0.25) is 16.9 Å². The van der Waals surface area contributed by atoms with Crippen molar-refractivity contribution in [2.75, 3.05) is 12.4 Å². The zero-order chi connectivity index (χ0) is 20.5. The molecule has 0 bridgehead atoms. The number of fused-ring (bicyclic) bond motifs is 1. The second-order valence-electron chi connectivity index (χ2n) is 6.88. The number of rotatable bonds is 4. The Morgan fingerprint density at radius 2 is 1.90 bits per heavy atom. The van der Waals surface area contributed by atoms with E-state index in [0.717, 1.165) is 27.0 Å². The van der Waals surface area contributed by atoms with Crippen molar-refractivity contribution in [3.05, 3.63) is 53.6 Å². The van der Waals surface area contributed by atoms with Gasteiger partial charge in [-0.3, -0.25) is 14.5 Å². The van der Waals surface area contributed by atoms with Crippen LogP contribution in [0.5, 0.6) is 0 Å². The van der Waals surface area contributed by atoms with Gasteiger partial charge >= 0.3 is 0 Å². The Labute approximate surface area is 177 Å². The number of amidine groups is 1. The van der Waals surface area contributed by atoms with Gasteiger partial charge in [-0.25, -0.2) is 4.98 Å². The van der Waals surface area contributed by atoms with Gasteiger partial charge in [-0.1, -0.05) is 53.4 Å². The molecule has 2 amide bonds. The molecule has 1 atom stereocenters. The zero-order valence-corrected chi connectivity index (χ0v) is 17.9. The summed E-state index contributed by atoms with van der Waals surface area (Å²) in [5.41, 5.74) is 3.70. The third-order valence-electron chi connectivity index (χ3n) is 4.73. The number of aromatic nitrogens is 1. The zero-order valence-electron chi connectivity index (χ0n) is 16.3. The minimum atomic E-state index is -0.488. The van der Waals surface area contributed by atoms with Crippen LogP contribution in [0.3, 0.4) is 0 Å². The monoisotopic (exact) mass is 424 g/mol. The summed E-state index contributed by atoms with van der Waals surface area (Å²) in [6.45, 7) is 3.91. The molecule has 1 aliphatic heterocycles. The van der Waals surface area contributed by atoms with E-state index in [-0.39, 0.29) is 18.2 Å². The average Bonchev–Trinajstić information content (AvgIpc) is 3.21. The molecule has 0 unspecified atom stereocenters. The molecule has 8 heteroatoms. The van der Waals surface area contributed by atoms with E-state index in [0.29, 0.717) is 10.3 Å². The molecule has 6 nitrogen and oxygen atoms in total.